The van der Waals surface area contributed by atoms with E-state index in [2.05, 4.69) is 13.1 Å². The third kappa shape index (κ3) is 5.86. The van der Waals surface area contributed by atoms with E-state index in [4.69, 9.17) is 18.0 Å². The molecule has 2 atom stereocenters. The summed E-state index contributed by atoms with van der Waals surface area (Å²) in [4.78, 5) is 38.4. The number of hydrogen-bond donors (Lipinski definition) is 0. The average Bonchev–Trinajstić information content (AvgIpc) is 3.53. The largest absolute Gasteiger partial charge is 0.436 e. The van der Waals surface area contributed by atoms with E-state index in [1.807, 2.05) is 13.1 Å². The van der Waals surface area contributed by atoms with Crippen molar-refractivity contribution in [1.29, 1.82) is 0 Å². The van der Waals surface area contributed by atoms with Crippen molar-refractivity contribution in [3.63, 3.8) is 0 Å². The second-order valence-electron chi connectivity index (χ2n) is 8.70. The molecule has 3 rings (SSSR count). The lowest BCUT2D eigenvalue weighted by Crippen LogP contribution is -2.55. The SMILES string of the molecule is CO[Si](C)(C)O[Si](C)(C)CCCn1c(=O)n(CC2CO2)c(=O)n(CC2CO2)c1=O. The highest BCUT2D eigenvalue weighted by Gasteiger charge is 2.34. The van der Waals surface area contributed by atoms with Gasteiger partial charge in [0, 0.05) is 13.7 Å². The standard InChI is InChI=1S/C17H31N3O7Si2/c1-24-29(4,5)27-28(2,3)8-6-7-18-15(21)19(9-13-11-25-13)17(23)20(16(18)22)10-14-12-26-14/h13-14H,6-12H2,1-5H3. The van der Waals surface area contributed by atoms with Crippen molar-refractivity contribution in [2.24, 2.45) is 0 Å². The predicted molar refractivity (Wildman–Crippen MR) is 111 cm³/mol. The molecule has 12 heteroatoms. The van der Waals surface area contributed by atoms with Gasteiger partial charge in [-0.3, -0.25) is 0 Å². The van der Waals surface area contributed by atoms with Crippen molar-refractivity contribution in [3.05, 3.63) is 31.5 Å². The van der Waals surface area contributed by atoms with Gasteiger partial charge in [-0.05, 0) is 38.7 Å². The van der Waals surface area contributed by atoms with Gasteiger partial charge in [-0.2, -0.15) is 0 Å². The Labute approximate surface area is 171 Å². The van der Waals surface area contributed by atoms with Gasteiger partial charge in [0.05, 0.1) is 38.5 Å². The molecule has 1 aromatic heterocycles. The number of rotatable bonds is 11. The number of epoxide rings is 2. The van der Waals surface area contributed by atoms with E-state index in [-0.39, 0.29) is 31.8 Å². The van der Waals surface area contributed by atoms with Crippen LogP contribution in [-0.4, -0.2) is 63.1 Å². The van der Waals surface area contributed by atoms with E-state index < -0.39 is 33.9 Å². The Kier molecular flexibility index (Phi) is 6.51. The molecule has 0 aliphatic carbocycles. The van der Waals surface area contributed by atoms with Gasteiger partial charge in [-0.15, -0.1) is 0 Å². The summed E-state index contributed by atoms with van der Waals surface area (Å²) in [5.74, 6) is 0. The normalized spacial score (nSPS) is 21.4. The highest BCUT2D eigenvalue weighted by Crippen LogP contribution is 2.20. The minimum absolute atomic E-state index is 0.141. The van der Waals surface area contributed by atoms with Gasteiger partial charge >= 0.3 is 25.6 Å². The molecule has 164 valence electrons. The summed E-state index contributed by atoms with van der Waals surface area (Å²) in [5.41, 5.74) is -1.74. The molecule has 2 unspecified atom stereocenters. The fraction of sp³-hybridized carbons (Fsp3) is 0.824. The van der Waals surface area contributed by atoms with Crippen LogP contribution < -0.4 is 17.1 Å². The number of nitrogens with zero attached hydrogens (tertiary/aromatic N) is 3. The molecule has 0 aromatic carbocycles. The maximum Gasteiger partial charge on any atom is 0.336 e. The molecule has 0 saturated carbocycles. The third-order valence-electron chi connectivity index (χ3n) is 5.14. The summed E-state index contributed by atoms with van der Waals surface area (Å²) >= 11 is 0. The zero-order valence-corrected chi connectivity index (χ0v) is 19.8. The lowest BCUT2D eigenvalue weighted by atomic mass is 10.4. The van der Waals surface area contributed by atoms with Crippen LogP contribution in [0.4, 0.5) is 0 Å². The summed E-state index contributed by atoms with van der Waals surface area (Å²) in [6.45, 7) is 9.83. The van der Waals surface area contributed by atoms with E-state index in [0.717, 1.165) is 19.7 Å². The van der Waals surface area contributed by atoms with Gasteiger partial charge in [0.2, 0.25) is 0 Å². The lowest BCUT2D eigenvalue weighted by Gasteiger charge is -2.32. The molecule has 10 nitrogen and oxygen atoms in total. The Bertz CT molecular complexity index is 861. The fourth-order valence-corrected chi connectivity index (χ4v) is 10.4. The Balaban J connectivity index is 1.79. The smallest absolute Gasteiger partial charge is 0.336 e. The maximum atomic E-state index is 12.9. The molecule has 2 aliphatic heterocycles. The average molecular weight is 446 g/mol. The topological polar surface area (TPSA) is 110 Å². The Morgan fingerprint density at radius 3 is 1.76 bits per heavy atom. The summed E-state index contributed by atoms with van der Waals surface area (Å²) in [5, 5.41) is 0. The monoisotopic (exact) mass is 445 g/mol. The predicted octanol–water partition coefficient (Wildman–Crippen LogP) is -0.0707. The Morgan fingerprint density at radius 2 is 1.34 bits per heavy atom. The van der Waals surface area contributed by atoms with E-state index in [0.29, 0.717) is 19.6 Å². The van der Waals surface area contributed by atoms with E-state index in [9.17, 15) is 14.4 Å². The van der Waals surface area contributed by atoms with Crippen LogP contribution in [-0.2, 0) is 37.6 Å². The van der Waals surface area contributed by atoms with Crippen LogP contribution in [0.3, 0.4) is 0 Å². The minimum atomic E-state index is -2.16. The summed E-state index contributed by atoms with van der Waals surface area (Å²) in [6.07, 6.45) is 0.330. The molecular formula is C17H31N3O7Si2. The van der Waals surface area contributed by atoms with Crippen LogP contribution in [0.15, 0.2) is 14.4 Å². The van der Waals surface area contributed by atoms with E-state index in [1.54, 1.807) is 7.11 Å². The van der Waals surface area contributed by atoms with Gasteiger partial charge in [0.25, 0.3) is 0 Å². The number of aromatic nitrogens is 3. The third-order valence-corrected chi connectivity index (χ3v) is 11.9. The first-order valence-corrected chi connectivity index (χ1v) is 15.9. The summed E-state index contributed by atoms with van der Waals surface area (Å²) in [6, 6.07) is 0.773. The molecule has 0 radical (unpaired) electrons. The Morgan fingerprint density at radius 1 is 0.897 bits per heavy atom. The molecular weight excluding hydrogens is 414 g/mol. The van der Waals surface area contributed by atoms with Gasteiger partial charge in [0.1, 0.15) is 0 Å². The molecule has 0 spiro atoms. The van der Waals surface area contributed by atoms with Gasteiger partial charge in [-0.25, -0.2) is 28.1 Å². The molecule has 0 amide bonds. The van der Waals surface area contributed by atoms with Crippen molar-refractivity contribution in [2.45, 2.75) is 70.5 Å². The van der Waals surface area contributed by atoms with Crippen LogP contribution in [0.1, 0.15) is 6.42 Å². The first-order valence-electron chi connectivity index (χ1n) is 9.96. The molecule has 0 N–H and O–H groups in total. The van der Waals surface area contributed by atoms with Crippen molar-refractivity contribution >= 4 is 16.9 Å². The summed E-state index contributed by atoms with van der Waals surface area (Å²) in [7, 11) is -2.51. The molecule has 2 aliphatic rings. The van der Waals surface area contributed by atoms with E-state index in [1.165, 1.54) is 0 Å². The number of ether oxygens (including phenoxy) is 2. The van der Waals surface area contributed by atoms with Crippen LogP contribution >= 0.6 is 0 Å². The van der Waals surface area contributed by atoms with Gasteiger partial charge < -0.3 is 18.0 Å². The Hall–Kier alpha value is -1.32. The molecule has 0 bridgehead atoms. The second-order valence-corrected chi connectivity index (χ2v) is 16.7. The molecule has 3 heterocycles. The number of hydrogen-bond acceptors (Lipinski definition) is 7. The van der Waals surface area contributed by atoms with Gasteiger partial charge in [-0.1, -0.05) is 0 Å². The van der Waals surface area contributed by atoms with Crippen molar-refractivity contribution in [2.75, 3.05) is 20.3 Å². The van der Waals surface area contributed by atoms with Crippen molar-refractivity contribution < 1.29 is 18.0 Å². The summed E-state index contributed by atoms with van der Waals surface area (Å²) < 4.78 is 25.5. The van der Waals surface area contributed by atoms with Crippen molar-refractivity contribution in [3.8, 4) is 0 Å². The zero-order chi connectivity index (χ0) is 21.4. The lowest BCUT2D eigenvalue weighted by molar-refractivity contribution is 0.309. The zero-order valence-electron chi connectivity index (χ0n) is 17.8. The first kappa shape index (κ1) is 22.4. The maximum absolute atomic E-state index is 12.9. The molecule has 2 fully saturated rings. The van der Waals surface area contributed by atoms with Crippen LogP contribution in [0.5, 0.6) is 0 Å². The first-order chi connectivity index (χ1) is 13.5. The second kappa shape index (κ2) is 8.43. The minimum Gasteiger partial charge on any atom is -0.436 e. The highest BCUT2D eigenvalue weighted by molar-refractivity contribution is 6.82. The highest BCUT2D eigenvalue weighted by atomic mass is 28.4. The van der Waals surface area contributed by atoms with Crippen molar-refractivity contribution in [1.82, 2.24) is 13.7 Å². The van der Waals surface area contributed by atoms with E-state index >= 15 is 0 Å². The quantitative estimate of drug-likeness (QED) is 0.346. The molecule has 29 heavy (non-hydrogen) atoms. The van der Waals surface area contributed by atoms with Gasteiger partial charge in [0.15, 0.2) is 8.32 Å². The van der Waals surface area contributed by atoms with Crippen LogP contribution in [0, 0.1) is 0 Å². The van der Waals surface area contributed by atoms with Crippen LogP contribution in [0.25, 0.3) is 0 Å². The molecule has 2 saturated heterocycles. The fourth-order valence-electron chi connectivity index (χ4n) is 3.36. The van der Waals surface area contributed by atoms with Crippen LogP contribution in [0.2, 0.25) is 32.2 Å². The molecule has 1 aromatic rings.